The normalized spacial score (nSPS) is 25.7. The van der Waals surface area contributed by atoms with E-state index in [1.165, 1.54) is 12.0 Å². The summed E-state index contributed by atoms with van der Waals surface area (Å²) in [5.41, 5.74) is 9.04. The summed E-state index contributed by atoms with van der Waals surface area (Å²) in [5.74, 6) is 0.806. The van der Waals surface area contributed by atoms with Gasteiger partial charge in [0.25, 0.3) is 0 Å². The molecule has 0 saturated heterocycles. The highest BCUT2D eigenvalue weighted by atomic mass is 15.0. The number of benzene rings is 1. The van der Waals surface area contributed by atoms with Crippen molar-refractivity contribution >= 4 is 11.4 Å². The molecule has 0 radical (unpaired) electrons. The Kier molecular flexibility index (Phi) is 1.91. The van der Waals surface area contributed by atoms with Crippen LogP contribution in [0.2, 0.25) is 0 Å². The monoisotopic (exact) mass is 176 g/mol. The summed E-state index contributed by atoms with van der Waals surface area (Å²) >= 11 is 0. The van der Waals surface area contributed by atoms with E-state index in [1.54, 1.807) is 0 Å². The van der Waals surface area contributed by atoms with Gasteiger partial charge in [-0.1, -0.05) is 13.0 Å². The van der Waals surface area contributed by atoms with Crippen LogP contribution in [-0.4, -0.2) is 6.04 Å². The van der Waals surface area contributed by atoms with Crippen molar-refractivity contribution in [1.82, 2.24) is 0 Å². The van der Waals surface area contributed by atoms with Crippen molar-refractivity contribution < 1.29 is 0 Å². The topological polar surface area (TPSA) is 38.0 Å². The van der Waals surface area contributed by atoms with Crippen LogP contribution in [-0.2, 0) is 0 Å². The summed E-state index contributed by atoms with van der Waals surface area (Å²) in [6, 6.07) is 6.81. The highest BCUT2D eigenvalue weighted by Crippen LogP contribution is 2.34. The molecule has 1 aliphatic carbocycles. The van der Waals surface area contributed by atoms with Gasteiger partial charge in [0.05, 0.1) is 11.4 Å². The first kappa shape index (κ1) is 8.42. The van der Waals surface area contributed by atoms with Crippen LogP contribution in [0.25, 0.3) is 0 Å². The molecule has 2 unspecified atom stereocenters. The van der Waals surface area contributed by atoms with Gasteiger partial charge in [0.1, 0.15) is 0 Å². The number of nitrogens with one attached hydrogen (secondary N) is 1. The fraction of sp³-hybridized carbons (Fsp3) is 0.455. The predicted molar refractivity (Wildman–Crippen MR) is 56.8 cm³/mol. The summed E-state index contributed by atoms with van der Waals surface area (Å²) in [4.78, 5) is 0. The zero-order valence-corrected chi connectivity index (χ0v) is 8.17. The van der Waals surface area contributed by atoms with Crippen LogP contribution in [0.15, 0.2) is 18.2 Å². The van der Waals surface area contributed by atoms with Crippen LogP contribution in [0, 0.1) is 12.8 Å². The molecular weight excluding hydrogens is 160 g/mol. The van der Waals surface area contributed by atoms with Crippen LogP contribution in [0.1, 0.15) is 18.9 Å². The molecule has 1 fully saturated rings. The van der Waals surface area contributed by atoms with E-state index in [-0.39, 0.29) is 0 Å². The van der Waals surface area contributed by atoms with Crippen molar-refractivity contribution in [2.45, 2.75) is 26.3 Å². The van der Waals surface area contributed by atoms with E-state index in [0.717, 1.165) is 17.3 Å². The second kappa shape index (κ2) is 2.95. The smallest absolute Gasteiger partial charge is 0.0576 e. The number of aryl methyl sites for hydroxylation is 1. The Balaban J connectivity index is 2.11. The lowest BCUT2D eigenvalue weighted by Crippen LogP contribution is -2.05. The first-order valence-electron chi connectivity index (χ1n) is 4.79. The van der Waals surface area contributed by atoms with Gasteiger partial charge in [-0.25, -0.2) is 0 Å². The van der Waals surface area contributed by atoms with Gasteiger partial charge in [-0.05, 0) is 37.0 Å². The quantitative estimate of drug-likeness (QED) is 0.679. The molecule has 0 bridgehead atoms. The van der Waals surface area contributed by atoms with Crippen LogP contribution in [0.4, 0.5) is 11.4 Å². The van der Waals surface area contributed by atoms with E-state index in [9.17, 15) is 0 Å². The molecule has 1 aromatic rings. The highest BCUT2D eigenvalue weighted by molar-refractivity contribution is 5.67. The van der Waals surface area contributed by atoms with Crippen molar-refractivity contribution in [3.63, 3.8) is 0 Å². The molecule has 1 aliphatic rings. The first-order valence-corrected chi connectivity index (χ1v) is 4.79. The minimum atomic E-state index is 0.644. The molecule has 1 aromatic carbocycles. The van der Waals surface area contributed by atoms with Crippen LogP contribution < -0.4 is 11.1 Å². The maximum atomic E-state index is 5.88. The van der Waals surface area contributed by atoms with Gasteiger partial charge in [0.2, 0.25) is 0 Å². The van der Waals surface area contributed by atoms with Gasteiger partial charge in [-0.3, -0.25) is 0 Å². The van der Waals surface area contributed by atoms with Crippen molar-refractivity contribution in [2.75, 3.05) is 11.1 Å². The summed E-state index contributed by atoms with van der Waals surface area (Å²) < 4.78 is 0. The third-order valence-corrected chi connectivity index (χ3v) is 2.66. The number of hydrogen-bond acceptors (Lipinski definition) is 2. The molecule has 70 valence electrons. The molecule has 2 rings (SSSR count). The van der Waals surface area contributed by atoms with Crippen LogP contribution in [0.5, 0.6) is 0 Å². The molecule has 3 N–H and O–H groups in total. The van der Waals surface area contributed by atoms with E-state index in [0.29, 0.717) is 6.04 Å². The average molecular weight is 176 g/mol. The van der Waals surface area contributed by atoms with E-state index in [1.807, 2.05) is 6.07 Å². The number of rotatable bonds is 2. The van der Waals surface area contributed by atoms with Gasteiger partial charge < -0.3 is 11.1 Å². The zero-order valence-electron chi connectivity index (χ0n) is 8.17. The lowest BCUT2D eigenvalue weighted by atomic mass is 10.2. The molecule has 1 saturated carbocycles. The minimum absolute atomic E-state index is 0.644. The predicted octanol–water partition coefficient (Wildman–Crippen LogP) is 2.40. The summed E-state index contributed by atoms with van der Waals surface area (Å²) in [7, 11) is 0. The van der Waals surface area contributed by atoms with E-state index >= 15 is 0 Å². The van der Waals surface area contributed by atoms with Crippen molar-refractivity contribution in [1.29, 1.82) is 0 Å². The molecule has 2 heteroatoms. The Morgan fingerprint density at radius 1 is 1.46 bits per heavy atom. The summed E-state index contributed by atoms with van der Waals surface area (Å²) in [5, 5.41) is 3.44. The molecular formula is C11H16N2. The standard InChI is InChI=1S/C11H16N2/c1-7-3-4-10(9(12)5-7)13-11-6-8(11)2/h3-5,8,11,13H,6,12H2,1-2H3. The third kappa shape index (κ3) is 1.77. The second-order valence-corrected chi connectivity index (χ2v) is 4.05. The molecule has 0 spiro atoms. The fourth-order valence-electron chi connectivity index (χ4n) is 1.54. The zero-order chi connectivity index (χ0) is 9.42. The minimum Gasteiger partial charge on any atom is -0.397 e. The molecule has 2 nitrogen and oxygen atoms in total. The van der Waals surface area contributed by atoms with Gasteiger partial charge >= 0.3 is 0 Å². The average Bonchev–Trinajstić information content (AvgIpc) is 2.73. The SMILES string of the molecule is Cc1ccc(NC2CC2C)c(N)c1. The molecule has 0 heterocycles. The Labute approximate surface area is 79.1 Å². The largest absolute Gasteiger partial charge is 0.397 e. The van der Waals surface area contributed by atoms with Crippen molar-refractivity contribution in [3.05, 3.63) is 23.8 Å². The van der Waals surface area contributed by atoms with Crippen LogP contribution in [0.3, 0.4) is 0 Å². The molecule has 0 amide bonds. The number of nitrogen functional groups attached to an aromatic ring is 1. The second-order valence-electron chi connectivity index (χ2n) is 4.05. The maximum absolute atomic E-state index is 5.88. The van der Waals surface area contributed by atoms with E-state index < -0.39 is 0 Å². The Bertz CT molecular complexity index is 320. The highest BCUT2D eigenvalue weighted by Gasteiger charge is 2.32. The first-order chi connectivity index (χ1) is 6.16. The van der Waals surface area contributed by atoms with Crippen molar-refractivity contribution in [3.8, 4) is 0 Å². The summed E-state index contributed by atoms with van der Waals surface area (Å²) in [6.45, 7) is 4.31. The van der Waals surface area contributed by atoms with Gasteiger partial charge in [-0.2, -0.15) is 0 Å². The number of nitrogens with two attached hydrogens (primary N) is 1. The van der Waals surface area contributed by atoms with E-state index in [2.05, 4.69) is 31.3 Å². The Morgan fingerprint density at radius 2 is 2.15 bits per heavy atom. The van der Waals surface area contributed by atoms with Crippen molar-refractivity contribution in [2.24, 2.45) is 5.92 Å². The van der Waals surface area contributed by atoms with Gasteiger partial charge in [0.15, 0.2) is 0 Å². The van der Waals surface area contributed by atoms with Crippen LogP contribution >= 0.6 is 0 Å². The Hall–Kier alpha value is -1.18. The lowest BCUT2D eigenvalue weighted by Gasteiger charge is -2.08. The molecule has 13 heavy (non-hydrogen) atoms. The molecule has 0 aromatic heterocycles. The maximum Gasteiger partial charge on any atom is 0.0576 e. The number of hydrogen-bond donors (Lipinski definition) is 2. The third-order valence-electron chi connectivity index (χ3n) is 2.66. The molecule has 2 atom stereocenters. The lowest BCUT2D eigenvalue weighted by molar-refractivity contribution is 0.929. The fourth-order valence-corrected chi connectivity index (χ4v) is 1.54. The molecule has 0 aliphatic heterocycles. The van der Waals surface area contributed by atoms with E-state index in [4.69, 9.17) is 5.73 Å². The van der Waals surface area contributed by atoms with Gasteiger partial charge in [0, 0.05) is 6.04 Å². The van der Waals surface area contributed by atoms with Gasteiger partial charge in [-0.15, -0.1) is 0 Å². The number of anilines is 2. The summed E-state index contributed by atoms with van der Waals surface area (Å²) in [6.07, 6.45) is 1.27. The Morgan fingerprint density at radius 3 is 2.69 bits per heavy atom.